The molecule has 0 spiro atoms. The Morgan fingerprint density at radius 2 is 2.10 bits per heavy atom. The number of carbonyl (C=O) groups excluding carboxylic acids is 1. The molecule has 0 bridgehead atoms. The Morgan fingerprint density at radius 3 is 2.65 bits per heavy atom. The van der Waals surface area contributed by atoms with Crippen molar-refractivity contribution in [2.45, 2.75) is 63.4 Å². The number of nitrogens with one attached hydrogen (secondary N) is 1. The minimum atomic E-state index is -0.143. The highest BCUT2D eigenvalue weighted by molar-refractivity contribution is 8.00. The van der Waals surface area contributed by atoms with Gasteiger partial charge in [0.2, 0.25) is 5.91 Å². The molecule has 1 fully saturated rings. The van der Waals surface area contributed by atoms with Crippen molar-refractivity contribution in [2.24, 2.45) is 5.92 Å². The zero-order valence-electron chi connectivity index (χ0n) is 12.7. The minimum Gasteiger partial charge on any atom is -0.355 e. The highest BCUT2D eigenvalue weighted by atomic mass is 32.2. The van der Waals surface area contributed by atoms with Crippen LogP contribution >= 0.6 is 11.8 Å². The maximum atomic E-state index is 12.0. The van der Waals surface area contributed by atoms with Gasteiger partial charge >= 0.3 is 0 Å². The van der Waals surface area contributed by atoms with Crippen molar-refractivity contribution < 1.29 is 4.79 Å². The van der Waals surface area contributed by atoms with Gasteiger partial charge < -0.3 is 9.88 Å². The molecule has 1 aliphatic rings. The molecule has 6 heteroatoms. The molecule has 1 aromatic heterocycles. The lowest BCUT2D eigenvalue weighted by molar-refractivity contribution is -0.120. The first-order valence-electron chi connectivity index (χ1n) is 7.40. The molecule has 20 heavy (non-hydrogen) atoms. The first-order chi connectivity index (χ1) is 9.52. The van der Waals surface area contributed by atoms with Crippen molar-refractivity contribution in [2.75, 3.05) is 6.54 Å². The quantitative estimate of drug-likeness (QED) is 0.785. The summed E-state index contributed by atoms with van der Waals surface area (Å²) in [7, 11) is 0. The third kappa shape index (κ3) is 3.75. The van der Waals surface area contributed by atoms with Gasteiger partial charge in [0.05, 0.1) is 5.25 Å². The summed E-state index contributed by atoms with van der Waals surface area (Å²) in [4.78, 5) is 12.0. The van der Waals surface area contributed by atoms with Crippen LogP contribution in [0.2, 0.25) is 0 Å². The first kappa shape index (κ1) is 15.4. The molecule has 1 amide bonds. The van der Waals surface area contributed by atoms with Gasteiger partial charge in [0.25, 0.3) is 0 Å². The van der Waals surface area contributed by atoms with Gasteiger partial charge in [0.15, 0.2) is 5.16 Å². The van der Waals surface area contributed by atoms with Crippen LogP contribution in [0.25, 0.3) is 0 Å². The summed E-state index contributed by atoms with van der Waals surface area (Å²) in [6, 6.07) is 0. The van der Waals surface area contributed by atoms with Crippen molar-refractivity contribution in [1.29, 1.82) is 0 Å². The van der Waals surface area contributed by atoms with Gasteiger partial charge in [-0.1, -0.05) is 25.6 Å². The van der Waals surface area contributed by atoms with Crippen LogP contribution in [0, 0.1) is 5.92 Å². The predicted octanol–water partition coefficient (Wildman–Crippen LogP) is 2.43. The van der Waals surface area contributed by atoms with E-state index in [1.54, 1.807) is 0 Å². The second-order valence-corrected chi connectivity index (χ2v) is 7.07. The van der Waals surface area contributed by atoms with Gasteiger partial charge in [0, 0.05) is 19.0 Å². The van der Waals surface area contributed by atoms with Crippen molar-refractivity contribution in [3.05, 3.63) is 5.82 Å². The fourth-order valence-corrected chi connectivity index (χ4v) is 2.93. The van der Waals surface area contributed by atoms with E-state index < -0.39 is 0 Å². The summed E-state index contributed by atoms with van der Waals surface area (Å²) < 4.78 is 2.15. The largest absolute Gasteiger partial charge is 0.355 e. The van der Waals surface area contributed by atoms with E-state index in [1.807, 2.05) is 6.92 Å². The average molecular weight is 296 g/mol. The second kappa shape index (κ2) is 6.61. The molecule has 0 radical (unpaired) electrons. The van der Waals surface area contributed by atoms with Gasteiger partial charge in [-0.05, 0) is 32.6 Å². The van der Waals surface area contributed by atoms with Crippen LogP contribution in [0.1, 0.15) is 52.3 Å². The van der Waals surface area contributed by atoms with E-state index >= 15 is 0 Å². The predicted molar refractivity (Wildman–Crippen MR) is 80.8 cm³/mol. The molecular formula is C14H24N4OS. The fraction of sp³-hybridized carbons (Fsp3) is 0.786. The lowest BCUT2D eigenvalue weighted by Crippen LogP contribution is -2.33. The van der Waals surface area contributed by atoms with Gasteiger partial charge in [-0.2, -0.15) is 0 Å². The zero-order valence-corrected chi connectivity index (χ0v) is 13.5. The third-order valence-electron chi connectivity index (χ3n) is 3.34. The van der Waals surface area contributed by atoms with Crippen molar-refractivity contribution >= 4 is 17.7 Å². The number of carbonyl (C=O) groups is 1. The number of thioether (sulfide) groups is 1. The summed E-state index contributed by atoms with van der Waals surface area (Å²) in [5, 5.41) is 12.2. The highest BCUT2D eigenvalue weighted by Crippen LogP contribution is 2.40. The Labute approximate surface area is 124 Å². The van der Waals surface area contributed by atoms with Crippen molar-refractivity contribution in [3.63, 3.8) is 0 Å². The number of hydrogen-bond acceptors (Lipinski definition) is 4. The van der Waals surface area contributed by atoms with E-state index in [9.17, 15) is 4.79 Å². The number of rotatable bonds is 7. The minimum absolute atomic E-state index is 0.0716. The SMILES string of the molecule is CCn1c(S[C@H](C)C(=O)NCC(C)C)nnc1C1CC1. The Morgan fingerprint density at radius 1 is 1.40 bits per heavy atom. The van der Waals surface area contributed by atoms with Crippen molar-refractivity contribution in [1.82, 2.24) is 20.1 Å². The Balaban J connectivity index is 1.96. The van der Waals surface area contributed by atoms with Gasteiger partial charge in [-0.3, -0.25) is 4.79 Å². The van der Waals surface area contributed by atoms with Crippen LogP contribution in [0.15, 0.2) is 5.16 Å². The molecule has 0 unspecified atom stereocenters. The monoisotopic (exact) mass is 296 g/mol. The number of amides is 1. The van der Waals surface area contributed by atoms with Crippen LogP contribution in [0.4, 0.5) is 0 Å². The van der Waals surface area contributed by atoms with Crippen LogP contribution in [0.3, 0.4) is 0 Å². The smallest absolute Gasteiger partial charge is 0.233 e. The molecule has 0 saturated heterocycles. The van der Waals surface area contributed by atoms with E-state index in [-0.39, 0.29) is 11.2 Å². The van der Waals surface area contributed by atoms with Gasteiger partial charge in [-0.25, -0.2) is 0 Å². The molecule has 1 heterocycles. The molecule has 1 aromatic rings. The molecule has 5 nitrogen and oxygen atoms in total. The molecule has 1 N–H and O–H groups in total. The normalized spacial score (nSPS) is 16.4. The molecular weight excluding hydrogens is 272 g/mol. The van der Waals surface area contributed by atoms with Crippen LogP contribution in [-0.2, 0) is 11.3 Å². The van der Waals surface area contributed by atoms with Crippen LogP contribution < -0.4 is 5.32 Å². The first-order valence-corrected chi connectivity index (χ1v) is 8.28. The summed E-state index contributed by atoms with van der Waals surface area (Å²) in [6.07, 6.45) is 2.43. The van der Waals surface area contributed by atoms with Gasteiger partial charge in [0.1, 0.15) is 5.82 Å². The Bertz CT molecular complexity index is 468. The van der Waals surface area contributed by atoms with E-state index in [4.69, 9.17) is 0 Å². The maximum absolute atomic E-state index is 12.0. The molecule has 1 saturated carbocycles. The molecule has 112 valence electrons. The summed E-state index contributed by atoms with van der Waals surface area (Å²) in [5.74, 6) is 2.21. The Hall–Kier alpha value is -1.04. The molecule has 0 aliphatic heterocycles. The molecule has 1 aliphatic carbocycles. The third-order valence-corrected chi connectivity index (χ3v) is 4.42. The molecule has 2 rings (SSSR count). The lowest BCUT2D eigenvalue weighted by Gasteiger charge is -2.13. The number of nitrogens with zero attached hydrogens (tertiary/aromatic N) is 3. The van der Waals surface area contributed by atoms with Gasteiger partial charge in [-0.15, -0.1) is 10.2 Å². The standard InChI is InChI=1S/C14H24N4OS/c1-5-18-12(11-6-7-11)16-17-14(18)20-10(4)13(19)15-8-9(2)3/h9-11H,5-8H2,1-4H3,(H,15,19)/t10-/m1/s1. The van der Waals surface area contributed by atoms with E-state index in [2.05, 4.69) is 40.9 Å². The second-order valence-electron chi connectivity index (χ2n) is 5.76. The fourth-order valence-electron chi connectivity index (χ4n) is 1.99. The summed E-state index contributed by atoms with van der Waals surface area (Å²) in [5.41, 5.74) is 0. The average Bonchev–Trinajstić information content (AvgIpc) is 3.17. The number of aromatic nitrogens is 3. The van der Waals surface area contributed by atoms with Crippen LogP contribution in [-0.4, -0.2) is 32.5 Å². The lowest BCUT2D eigenvalue weighted by atomic mass is 10.2. The van der Waals surface area contributed by atoms with E-state index in [0.29, 0.717) is 11.8 Å². The molecule has 0 aromatic carbocycles. The van der Waals surface area contributed by atoms with Crippen LogP contribution in [0.5, 0.6) is 0 Å². The summed E-state index contributed by atoms with van der Waals surface area (Å²) >= 11 is 1.50. The Kier molecular flexibility index (Phi) is 5.07. The zero-order chi connectivity index (χ0) is 14.7. The summed E-state index contributed by atoms with van der Waals surface area (Å²) in [6.45, 7) is 9.79. The number of hydrogen-bond donors (Lipinski definition) is 1. The van der Waals surface area contributed by atoms with E-state index in [1.165, 1.54) is 24.6 Å². The van der Waals surface area contributed by atoms with E-state index in [0.717, 1.165) is 24.1 Å². The topological polar surface area (TPSA) is 59.8 Å². The molecule has 1 atom stereocenters. The van der Waals surface area contributed by atoms with Crippen molar-refractivity contribution in [3.8, 4) is 0 Å². The maximum Gasteiger partial charge on any atom is 0.233 e. The highest BCUT2D eigenvalue weighted by Gasteiger charge is 2.30.